The van der Waals surface area contributed by atoms with E-state index in [0.717, 1.165) is 69.6 Å². The molecule has 0 aromatic carbocycles. The lowest BCUT2D eigenvalue weighted by molar-refractivity contribution is -0.121. The summed E-state index contributed by atoms with van der Waals surface area (Å²) >= 11 is 0. The zero-order valence-electron chi connectivity index (χ0n) is 22.8. The van der Waals surface area contributed by atoms with Gasteiger partial charge in [-0.3, -0.25) is 9.79 Å². The summed E-state index contributed by atoms with van der Waals surface area (Å²) in [7, 11) is 4.31. The third-order valence-corrected chi connectivity index (χ3v) is 15.4. The van der Waals surface area contributed by atoms with Crippen LogP contribution in [-0.4, -0.2) is 46.0 Å². The van der Waals surface area contributed by atoms with Crippen LogP contribution in [0.5, 0.6) is 0 Å². The molecule has 0 aromatic rings. The van der Waals surface area contributed by atoms with Crippen LogP contribution in [0.15, 0.2) is 16.1 Å². The monoisotopic (exact) mass is 545 g/mol. The maximum atomic E-state index is 13.8. The number of fused-ring (bicyclic) bond motifs is 1. The SMILES string of the molecule is C[C@]12CCSSC3(CCCCC3)[C@]3(CCCC4=C5C[C@H]1CC[C@@H](CCCO)[C@@]52CC4=O)CCN=C(N)N3. The van der Waals surface area contributed by atoms with Crippen LogP contribution in [0.25, 0.3) is 0 Å². The molecule has 3 fully saturated rings. The van der Waals surface area contributed by atoms with Gasteiger partial charge in [0.15, 0.2) is 11.7 Å². The molecule has 0 unspecified atom stereocenters. The summed E-state index contributed by atoms with van der Waals surface area (Å²) < 4.78 is 0.184. The fourth-order valence-electron chi connectivity index (χ4n) is 10.2. The number of carbonyl (C=O) groups excluding carboxylic acids is 1. The highest BCUT2D eigenvalue weighted by Crippen LogP contribution is 2.74. The van der Waals surface area contributed by atoms with Crippen molar-refractivity contribution in [2.45, 2.75) is 120 Å². The third kappa shape index (κ3) is 3.98. The van der Waals surface area contributed by atoms with Crippen LogP contribution in [0.1, 0.15) is 110 Å². The highest BCUT2D eigenvalue weighted by Gasteiger charge is 2.68. The van der Waals surface area contributed by atoms with Crippen molar-refractivity contribution >= 4 is 33.3 Å². The molecule has 5 atom stereocenters. The molecule has 3 spiro atoms. The van der Waals surface area contributed by atoms with Crippen molar-refractivity contribution < 1.29 is 9.90 Å². The van der Waals surface area contributed by atoms with E-state index in [0.29, 0.717) is 17.7 Å². The molecule has 0 aromatic heterocycles. The Balaban J connectivity index is 1.38. The topological polar surface area (TPSA) is 87.7 Å². The number of aliphatic hydroxyl groups is 1. The number of allylic oxidation sites excluding steroid dienone is 2. The minimum atomic E-state index is -0.0298. The van der Waals surface area contributed by atoms with E-state index in [1.807, 2.05) is 0 Å². The maximum Gasteiger partial charge on any atom is 0.189 e. The van der Waals surface area contributed by atoms with Gasteiger partial charge in [-0.1, -0.05) is 53.3 Å². The number of rotatable bonds is 3. The maximum absolute atomic E-state index is 13.8. The van der Waals surface area contributed by atoms with Crippen molar-refractivity contribution in [2.75, 3.05) is 18.9 Å². The van der Waals surface area contributed by atoms with Gasteiger partial charge >= 0.3 is 0 Å². The first-order valence-electron chi connectivity index (χ1n) is 15.2. The first-order valence-corrected chi connectivity index (χ1v) is 17.5. The first kappa shape index (κ1) is 26.6. The van der Waals surface area contributed by atoms with Gasteiger partial charge in [0.1, 0.15) is 0 Å². The standard InChI is InChI=1S/C30H47N3O2S2/c1-27-15-18-36-37-29(12-3-2-4-13-29)28(14-16-32-26(31)33-28)11-5-8-23-24-19-22(27)10-9-21(7-6-17-34)30(24,27)20-25(23)35/h21-22,34H,2-20H2,1H3,(H3,31,32,33)/t21-,22-,27+,28+,30+/m1/s1. The minimum absolute atomic E-state index is 0.0298. The molecule has 6 aliphatic rings. The van der Waals surface area contributed by atoms with Gasteiger partial charge in [-0.2, -0.15) is 0 Å². The number of nitrogens with two attached hydrogens (primary N) is 1. The lowest BCUT2D eigenvalue weighted by atomic mass is 9.50. The molecule has 0 saturated heterocycles. The van der Waals surface area contributed by atoms with Crippen molar-refractivity contribution in [3.8, 4) is 0 Å². The summed E-state index contributed by atoms with van der Waals surface area (Å²) in [6, 6.07) is 0. The molecule has 5 nitrogen and oxygen atoms in total. The zero-order chi connectivity index (χ0) is 25.7. The number of hydrogen-bond donors (Lipinski definition) is 3. The normalized spacial score (nSPS) is 41.7. The second-order valence-corrected chi connectivity index (χ2v) is 16.1. The third-order valence-electron chi connectivity index (χ3n) is 12.0. The Bertz CT molecular complexity index is 976. The molecule has 37 heavy (non-hydrogen) atoms. The van der Waals surface area contributed by atoms with Gasteiger partial charge in [0.05, 0.1) is 5.54 Å². The summed E-state index contributed by atoms with van der Waals surface area (Å²) in [5.41, 5.74) is 9.39. The van der Waals surface area contributed by atoms with Gasteiger partial charge in [0.25, 0.3) is 0 Å². The van der Waals surface area contributed by atoms with Crippen LogP contribution in [0.2, 0.25) is 0 Å². The Labute approximate surface area is 231 Å². The van der Waals surface area contributed by atoms with Gasteiger partial charge in [-0.15, -0.1) is 0 Å². The molecule has 7 heteroatoms. The van der Waals surface area contributed by atoms with E-state index in [9.17, 15) is 9.90 Å². The number of carbonyl (C=O) groups is 1. The van der Waals surface area contributed by atoms with Gasteiger partial charge in [0.2, 0.25) is 0 Å². The number of ketones is 1. The number of hydrogen-bond acceptors (Lipinski definition) is 7. The predicted octanol–water partition coefficient (Wildman–Crippen LogP) is 6.16. The lowest BCUT2D eigenvalue weighted by Crippen LogP contribution is -2.66. The summed E-state index contributed by atoms with van der Waals surface area (Å²) in [4.78, 5) is 18.4. The highest BCUT2D eigenvalue weighted by atomic mass is 33.1. The van der Waals surface area contributed by atoms with E-state index in [4.69, 9.17) is 5.73 Å². The van der Waals surface area contributed by atoms with E-state index in [1.54, 1.807) is 5.57 Å². The van der Waals surface area contributed by atoms with E-state index in [-0.39, 0.29) is 27.7 Å². The Morgan fingerprint density at radius 2 is 1.95 bits per heavy atom. The van der Waals surface area contributed by atoms with Gasteiger partial charge < -0.3 is 16.2 Å². The molecule has 4 N–H and O–H groups in total. The number of aliphatic imine (C=N–C) groups is 1. The Morgan fingerprint density at radius 1 is 1.11 bits per heavy atom. The summed E-state index contributed by atoms with van der Waals surface area (Å²) in [6.07, 6.45) is 18.1. The Hall–Kier alpha value is -0.660. The molecule has 0 radical (unpaired) electrons. The Kier molecular flexibility index (Phi) is 7.23. The van der Waals surface area contributed by atoms with Crippen molar-refractivity contribution in [3.05, 3.63) is 11.1 Å². The van der Waals surface area contributed by atoms with E-state index >= 15 is 0 Å². The van der Waals surface area contributed by atoms with E-state index < -0.39 is 0 Å². The van der Waals surface area contributed by atoms with Crippen LogP contribution in [0.4, 0.5) is 0 Å². The molecule has 2 aliphatic heterocycles. The van der Waals surface area contributed by atoms with Crippen LogP contribution in [0.3, 0.4) is 0 Å². The number of aliphatic hydroxyl groups excluding tert-OH is 1. The summed E-state index contributed by atoms with van der Waals surface area (Å²) in [5, 5.41) is 13.5. The van der Waals surface area contributed by atoms with E-state index in [2.05, 4.69) is 38.8 Å². The smallest absolute Gasteiger partial charge is 0.189 e. The average Bonchev–Trinajstić information content (AvgIpc) is 3.21. The van der Waals surface area contributed by atoms with Crippen molar-refractivity contribution in [2.24, 2.45) is 33.4 Å². The van der Waals surface area contributed by atoms with Crippen molar-refractivity contribution in [1.29, 1.82) is 0 Å². The van der Waals surface area contributed by atoms with Crippen LogP contribution < -0.4 is 11.1 Å². The molecule has 5 bridgehead atoms. The molecule has 206 valence electrons. The number of nitrogens with one attached hydrogen (secondary N) is 1. The molecular formula is C30H47N3O2S2. The Morgan fingerprint density at radius 3 is 2.73 bits per heavy atom. The lowest BCUT2D eigenvalue weighted by Gasteiger charge is -2.55. The van der Waals surface area contributed by atoms with Crippen molar-refractivity contribution in [3.63, 3.8) is 0 Å². The van der Waals surface area contributed by atoms with Crippen LogP contribution in [-0.2, 0) is 4.79 Å². The fourth-order valence-corrected chi connectivity index (χ4v) is 14.0. The fraction of sp³-hybridized carbons (Fsp3) is 0.867. The first-order chi connectivity index (χ1) is 17.9. The molecule has 2 heterocycles. The average molecular weight is 546 g/mol. The second kappa shape index (κ2) is 10.1. The van der Waals surface area contributed by atoms with E-state index in [1.165, 1.54) is 56.9 Å². The molecular weight excluding hydrogens is 498 g/mol. The van der Waals surface area contributed by atoms with Gasteiger partial charge in [-0.05, 0) is 99.9 Å². The molecule has 3 saturated carbocycles. The number of Topliss-reactive ketones (excluding diaryl/α,β-unsaturated/α-hetero) is 1. The number of guanidine groups is 1. The number of nitrogens with zero attached hydrogens (tertiary/aromatic N) is 1. The second-order valence-electron chi connectivity index (χ2n) is 13.3. The predicted molar refractivity (Wildman–Crippen MR) is 156 cm³/mol. The molecule has 0 amide bonds. The van der Waals surface area contributed by atoms with Gasteiger partial charge in [-0.25, -0.2) is 0 Å². The van der Waals surface area contributed by atoms with Crippen LogP contribution in [0, 0.1) is 22.7 Å². The molecule has 4 aliphatic carbocycles. The van der Waals surface area contributed by atoms with Crippen LogP contribution >= 0.6 is 21.6 Å². The summed E-state index contributed by atoms with van der Waals surface area (Å²) in [6.45, 7) is 3.64. The quantitative estimate of drug-likeness (QED) is 0.368. The zero-order valence-corrected chi connectivity index (χ0v) is 24.4. The minimum Gasteiger partial charge on any atom is -0.396 e. The molecule has 6 rings (SSSR count). The largest absolute Gasteiger partial charge is 0.396 e. The van der Waals surface area contributed by atoms with Gasteiger partial charge in [0, 0.05) is 35.5 Å². The summed E-state index contributed by atoms with van der Waals surface area (Å²) in [5.74, 6) is 3.50. The highest BCUT2D eigenvalue weighted by molar-refractivity contribution is 8.77. The van der Waals surface area contributed by atoms with Crippen molar-refractivity contribution in [1.82, 2.24) is 5.32 Å².